The number of carbonyl (C=O) groups excluding carboxylic acids is 1. The summed E-state index contributed by atoms with van der Waals surface area (Å²) in [5.74, 6) is 0.322. The predicted octanol–water partition coefficient (Wildman–Crippen LogP) is 4.18. The van der Waals surface area contributed by atoms with Gasteiger partial charge in [-0.2, -0.15) is 5.10 Å². The van der Waals surface area contributed by atoms with E-state index in [1.54, 1.807) is 30.8 Å². The maximum atomic E-state index is 13.0. The van der Waals surface area contributed by atoms with Gasteiger partial charge in [0.05, 0.1) is 12.7 Å². The topological polar surface area (TPSA) is 56.2 Å². The molecule has 1 aromatic heterocycles. The molecule has 1 N–H and O–H groups in total. The van der Waals surface area contributed by atoms with Crippen LogP contribution in [0.2, 0.25) is 0 Å². The lowest BCUT2D eigenvalue weighted by molar-refractivity contribution is -0.128. The fourth-order valence-corrected chi connectivity index (χ4v) is 2.54. The molecule has 0 aliphatic carbocycles. The highest BCUT2D eigenvalue weighted by Gasteiger charge is 2.30. The highest BCUT2D eigenvalue weighted by Crippen LogP contribution is 2.21. The monoisotopic (exact) mass is 367 g/mol. The summed E-state index contributed by atoms with van der Waals surface area (Å²) in [6.45, 7) is 5.90. The first kappa shape index (κ1) is 18.6. The van der Waals surface area contributed by atoms with E-state index in [2.05, 4.69) is 10.4 Å². The van der Waals surface area contributed by atoms with E-state index in [1.807, 2.05) is 31.2 Å². The van der Waals surface area contributed by atoms with Crippen molar-refractivity contribution in [1.29, 1.82) is 0 Å². The van der Waals surface area contributed by atoms with Crippen molar-refractivity contribution in [2.45, 2.75) is 32.9 Å². The minimum absolute atomic E-state index is 0.322. The largest absolute Gasteiger partial charge is 0.478 e. The molecule has 140 valence electrons. The van der Waals surface area contributed by atoms with Crippen LogP contribution in [-0.2, 0) is 11.3 Å². The number of hydrogen-bond acceptors (Lipinski definition) is 3. The number of rotatable bonds is 6. The van der Waals surface area contributed by atoms with Crippen molar-refractivity contribution in [3.63, 3.8) is 0 Å². The molecule has 6 heteroatoms. The van der Waals surface area contributed by atoms with Crippen molar-refractivity contribution in [3.8, 4) is 5.75 Å². The molecule has 0 fully saturated rings. The molecule has 0 unspecified atom stereocenters. The van der Waals surface area contributed by atoms with Crippen molar-refractivity contribution in [2.24, 2.45) is 0 Å². The Morgan fingerprint density at radius 2 is 1.78 bits per heavy atom. The number of nitrogens with one attached hydrogen (secondary N) is 1. The van der Waals surface area contributed by atoms with Crippen molar-refractivity contribution in [1.82, 2.24) is 9.78 Å². The number of halogens is 1. The molecular weight excluding hydrogens is 345 g/mol. The minimum Gasteiger partial charge on any atom is -0.478 e. The average Bonchev–Trinajstić information content (AvgIpc) is 3.05. The van der Waals surface area contributed by atoms with Crippen LogP contribution >= 0.6 is 0 Å². The van der Waals surface area contributed by atoms with Crippen molar-refractivity contribution in [2.75, 3.05) is 5.32 Å². The van der Waals surface area contributed by atoms with Gasteiger partial charge in [-0.05, 0) is 50.6 Å². The van der Waals surface area contributed by atoms with Crippen LogP contribution < -0.4 is 10.1 Å². The van der Waals surface area contributed by atoms with E-state index >= 15 is 0 Å². The lowest BCUT2D eigenvalue weighted by atomic mass is 10.1. The van der Waals surface area contributed by atoms with Gasteiger partial charge >= 0.3 is 0 Å². The Kier molecular flexibility index (Phi) is 5.26. The minimum atomic E-state index is -1.14. The Balaban J connectivity index is 1.69. The lowest BCUT2D eigenvalue weighted by Crippen LogP contribution is -2.43. The van der Waals surface area contributed by atoms with Gasteiger partial charge in [0.15, 0.2) is 5.60 Å². The molecule has 0 spiro atoms. The van der Waals surface area contributed by atoms with E-state index in [0.717, 1.165) is 5.56 Å². The van der Waals surface area contributed by atoms with Crippen LogP contribution in [0.25, 0.3) is 0 Å². The Labute approximate surface area is 157 Å². The van der Waals surface area contributed by atoms with Crippen LogP contribution in [-0.4, -0.2) is 21.3 Å². The molecule has 0 saturated carbocycles. The highest BCUT2D eigenvalue weighted by atomic mass is 19.1. The maximum Gasteiger partial charge on any atom is 0.269 e. The molecule has 1 heterocycles. The maximum absolute atomic E-state index is 13.0. The molecule has 3 aromatic rings. The predicted molar refractivity (Wildman–Crippen MR) is 102 cm³/mol. The summed E-state index contributed by atoms with van der Waals surface area (Å²) >= 11 is 0. The van der Waals surface area contributed by atoms with E-state index in [9.17, 15) is 9.18 Å². The number of amides is 1. The highest BCUT2D eigenvalue weighted by molar-refractivity contribution is 5.96. The van der Waals surface area contributed by atoms with Gasteiger partial charge in [0, 0.05) is 6.07 Å². The molecule has 27 heavy (non-hydrogen) atoms. The number of aryl methyl sites for hydroxylation is 1. The molecular formula is C21H22FN3O2. The van der Waals surface area contributed by atoms with Gasteiger partial charge in [-0.15, -0.1) is 0 Å². The molecule has 1 amide bonds. The number of benzene rings is 2. The zero-order valence-electron chi connectivity index (χ0n) is 15.6. The fraction of sp³-hybridized carbons (Fsp3) is 0.238. The van der Waals surface area contributed by atoms with Gasteiger partial charge in [-0.25, -0.2) is 9.07 Å². The van der Waals surface area contributed by atoms with Crippen molar-refractivity contribution >= 4 is 11.7 Å². The summed E-state index contributed by atoms with van der Waals surface area (Å²) in [5.41, 5.74) is 1.13. The number of ether oxygens (including phenoxy) is 1. The SMILES string of the molecule is Cc1ccc(Cn2nccc2NC(=O)C(C)(C)Oc2ccc(F)cc2)cc1. The Bertz CT molecular complexity index is 915. The standard InChI is InChI=1S/C21H22FN3O2/c1-15-4-6-16(7-5-15)14-25-19(12-13-23-25)24-20(26)21(2,3)27-18-10-8-17(22)9-11-18/h4-13H,14H2,1-3H3,(H,24,26). The van der Waals surface area contributed by atoms with Crippen LogP contribution in [0.15, 0.2) is 60.8 Å². The normalized spacial score (nSPS) is 11.3. The van der Waals surface area contributed by atoms with Crippen molar-refractivity contribution < 1.29 is 13.9 Å². The Morgan fingerprint density at radius 3 is 2.44 bits per heavy atom. The fourth-order valence-electron chi connectivity index (χ4n) is 2.54. The first-order valence-corrected chi connectivity index (χ1v) is 8.67. The summed E-state index contributed by atoms with van der Waals surface area (Å²) < 4.78 is 20.5. The molecule has 2 aromatic carbocycles. The van der Waals surface area contributed by atoms with Gasteiger partial charge in [0.1, 0.15) is 17.4 Å². The van der Waals surface area contributed by atoms with Gasteiger partial charge in [0.25, 0.3) is 5.91 Å². The van der Waals surface area contributed by atoms with E-state index in [0.29, 0.717) is 18.1 Å². The van der Waals surface area contributed by atoms with Crippen molar-refractivity contribution in [3.05, 3.63) is 77.7 Å². The molecule has 0 aliphatic heterocycles. The van der Waals surface area contributed by atoms with E-state index in [1.165, 1.54) is 29.8 Å². The number of hydrogen-bond donors (Lipinski definition) is 1. The Morgan fingerprint density at radius 1 is 1.11 bits per heavy atom. The number of carbonyl (C=O) groups is 1. The second kappa shape index (κ2) is 7.61. The van der Waals surface area contributed by atoms with Gasteiger partial charge in [-0.3, -0.25) is 4.79 Å². The van der Waals surface area contributed by atoms with Gasteiger partial charge < -0.3 is 10.1 Å². The first-order valence-electron chi connectivity index (χ1n) is 8.67. The van der Waals surface area contributed by atoms with Crippen LogP contribution in [0.5, 0.6) is 5.75 Å². The third-order valence-corrected chi connectivity index (χ3v) is 4.14. The lowest BCUT2D eigenvalue weighted by Gasteiger charge is -2.25. The third kappa shape index (κ3) is 4.73. The molecule has 0 radical (unpaired) electrons. The summed E-state index contributed by atoms with van der Waals surface area (Å²) in [6.07, 6.45) is 1.64. The molecule has 5 nitrogen and oxygen atoms in total. The average molecular weight is 367 g/mol. The number of nitrogens with zero attached hydrogens (tertiary/aromatic N) is 2. The molecule has 0 saturated heterocycles. The van der Waals surface area contributed by atoms with Gasteiger partial charge in [-0.1, -0.05) is 29.8 Å². The van der Waals surface area contributed by atoms with Crippen LogP contribution in [0, 0.1) is 12.7 Å². The van der Waals surface area contributed by atoms with Gasteiger partial charge in [0.2, 0.25) is 0 Å². The Hall–Kier alpha value is -3.15. The first-order chi connectivity index (χ1) is 12.8. The summed E-state index contributed by atoms with van der Waals surface area (Å²) in [6, 6.07) is 15.4. The van der Waals surface area contributed by atoms with Crippen LogP contribution in [0.1, 0.15) is 25.0 Å². The molecule has 0 atom stereocenters. The zero-order valence-corrected chi connectivity index (χ0v) is 15.6. The number of aromatic nitrogens is 2. The molecule has 0 bridgehead atoms. The summed E-state index contributed by atoms with van der Waals surface area (Å²) in [7, 11) is 0. The quantitative estimate of drug-likeness (QED) is 0.711. The number of anilines is 1. The second-order valence-corrected chi connectivity index (χ2v) is 6.88. The van der Waals surface area contributed by atoms with Crippen LogP contribution in [0.3, 0.4) is 0 Å². The third-order valence-electron chi connectivity index (χ3n) is 4.14. The zero-order chi connectivity index (χ0) is 19.4. The van der Waals surface area contributed by atoms with Crippen LogP contribution in [0.4, 0.5) is 10.2 Å². The summed E-state index contributed by atoms with van der Waals surface area (Å²) in [4.78, 5) is 12.7. The summed E-state index contributed by atoms with van der Waals surface area (Å²) in [5, 5.41) is 7.14. The second-order valence-electron chi connectivity index (χ2n) is 6.88. The molecule has 0 aliphatic rings. The molecule has 3 rings (SSSR count). The van der Waals surface area contributed by atoms with E-state index in [4.69, 9.17) is 4.74 Å². The van der Waals surface area contributed by atoms with E-state index < -0.39 is 5.60 Å². The van der Waals surface area contributed by atoms with E-state index in [-0.39, 0.29) is 11.7 Å². The smallest absolute Gasteiger partial charge is 0.269 e.